The van der Waals surface area contributed by atoms with Crippen LogP contribution in [0.4, 0.5) is 0 Å². The molecule has 0 saturated heterocycles. The van der Waals surface area contributed by atoms with E-state index in [1.165, 1.54) is 4.68 Å². The van der Waals surface area contributed by atoms with Crippen LogP contribution in [0.2, 0.25) is 0 Å². The summed E-state index contributed by atoms with van der Waals surface area (Å²) < 4.78 is 2.44. The van der Waals surface area contributed by atoms with E-state index in [-0.39, 0.29) is 5.75 Å². The normalized spacial score (nSPS) is 10.6. The molecule has 0 aliphatic heterocycles. The van der Waals surface area contributed by atoms with Gasteiger partial charge in [-0.15, -0.1) is 21.5 Å². The van der Waals surface area contributed by atoms with Crippen LogP contribution in [-0.4, -0.2) is 31.7 Å². The number of hydrogen-bond donors (Lipinski definition) is 2. The Hall–Kier alpha value is -0.810. The van der Waals surface area contributed by atoms with Crippen LogP contribution in [0.5, 0.6) is 0 Å². The fraction of sp³-hybridized carbons (Fsp3) is 0.125. The summed E-state index contributed by atoms with van der Waals surface area (Å²) in [5, 5.41) is 18.7. The van der Waals surface area contributed by atoms with Gasteiger partial charge in [0.15, 0.2) is 5.82 Å². The summed E-state index contributed by atoms with van der Waals surface area (Å²) in [6.45, 7) is 0. The highest BCUT2D eigenvalue weighted by atomic mass is 127. The Labute approximate surface area is 118 Å². The van der Waals surface area contributed by atoms with Crippen molar-refractivity contribution in [2.45, 2.75) is 5.16 Å². The highest BCUT2D eigenvalue weighted by molar-refractivity contribution is 14.1. The van der Waals surface area contributed by atoms with Gasteiger partial charge in [0.05, 0.1) is 8.64 Å². The molecule has 0 aliphatic rings. The molecule has 2 heterocycles. The van der Waals surface area contributed by atoms with Crippen molar-refractivity contribution >= 4 is 51.7 Å². The Balaban J connectivity index is 2.23. The maximum absolute atomic E-state index is 10.4. The second kappa shape index (κ2) is 5.23. The maximum atomic E-state index is 10.4. The number of aliphatic carboxylic acids is 1. The molecule has 0 unspecified atom stereocenters. The SMILES string of the molecule is Nn1c(SCC(=O)O)nnc1-c1csc(I)c1. The summed E-state index contributed by atoms with van der Waals surface area (Å²) in [6.07, 6.45) is 0. The van der Waals surface area contributed by atoms with Crippen molar-refractivity contribution in [1.29, 1.82) is 0 Å². The first-order valence-corrected chi connectivity index (χ1v) is 7.32. The molecule has 0 fully saturated rings. The Kier molecular flexibility index (Phi) is 3.89. The average molecular weight is 382 g/mol. The minimum atomic E-state index is -0.912. The van der Waals surface area contributed by atoms with Gasteiger partial charge >= 0.3 is 5.97 Å². The van der Waals surface area contributed by atoms with Gasteiger partial charge in [-0.3, -0.25) is 4.79 Å². The van der Waals surface area contributed by atoms with E-state index in [0.29, 0.717) is 11.0 Å². The van der Waals surface area contributed by atoms with Crippen LogP contribution in [0.15, 0.2) is 16.6 Å². The summed E-state index contributed by atoms with van der Waals surface area (Å²) in [4.78, 5) is 10.4. The Bertz CT molecular complexity index is 553. The molecule has 2 rings (SSSR count). The van der Waals surface area contributed by atoms with Crippen LogP contribution >= 0.6 is 45.7 Å². The third-order valence-corrected chi connectivity index (χ3v) is 4.53. The number of nitrogens with two attached hydrogens (primary N) is 1. The Morgan fingerprint density at radius 2 is 2.41 bits per heavy atom. The molecule has 17 heavy (non-hydrogen) atoms. The molecule has 6 nitrogen and oxygen atoms in total. The van der Waals surface area contributed by atoms with E-state index in [1.807, 2.05) is 11.4 Å². The molecular formula is C8H7IN4O2S2. The maximum Gasteiger partial charge on any atom is 0.313 e. The van der Waals surface area contributed by atoms with Crippen molar-refractivity contribution in [2.24, 2.45) is 0 Å². The van der Waals surface area contributed by atoms with Gasteiger partial charge in [-0.05, 0) is 28.7 Å². The number of aromatic nitrogens is 3. The fourth-order valence-electron chi connectivity index (χ4n) is 1.13. The van der Waals surface area contributed by atoms with E-state index >= 15 is 0 Å². The quantitative estimate of drug-likeness (QED) is 0.473. The van der Waals surface area contributed by atoms with Crippen LogP contribution in [-0.2, 0) is 4.79 Å². The molecule has 9 heteroatoms. The Morgan fingerprint density at radius 3 is 3.00 bits per heavy atom. The molecular weight excluding hydrogens is 375 g/mol. The molecule has 0 radical (unpaired) electrons. The Morgan fingerprint density at radius 1 is 1.65 bits per heavy atom. The van der Waals surface area contributed by atoms with Gasteiger partial charge in [0.1, 0.15) is 0 Å². The number of carboxylic acids is 1. The topological polar surface area (TPSA) is 94.0 Å². The molecule has 0 atom stereocenters. The van der Waals surface area contributed by atoms with Crippen molar-refractivity contribution in [3.63, 3.8) is 0 Å². The lowest BCUT2D eigenvalue weighted by Crippen LogP contribution is -2.12. The van der Waals surface area contributed by atoms with Gasteiger partial charge in [0.2, 0.25) is 5.16 Å². The number of thioether (sulfide) groups is 1. The third kappa shape index (κ3) is 2.90. The number of thiophene rings is 1. The average Bonchev–Trinajstić information content (AvgIpc) is 2.82. The number of nitrogen functional groups attached to an aromatic ring is 1. The second-order valence-electron chi connectivity index (χ2n) is 3.00. The predicted molar refractivity (Wildman–Crippen MR) is 74.6 cm³/mol. The standard InChI is InChI=1S/C8H7IN4O2S2/c9-5-1-4(2-16-5)7-11-12-8(13(7)10)17-3-6(14)15/h1-2H,3,10H2,(H,14,15). The first-order valence-electron chi connectivity index (χ1n) is 4.37. The van der Waals surface area contributed by atoms with E-state index < -0.39 is 5.97 Å². The zero-order chi connectivity index (χ0) is 12.4. The zero-order valence-corrected chi connectivity index (χ0v) is 12.1. The van der Waals surface area contributed by atoms with Crippen molar-refractivity contribution in [2.75, 3.05) is 11.6 Å². The van der Waals surface area contributed by atoms with Gasteiger partial charge in [0.25, 0.3) is 0 Å². The number of rotatable bonds is 4. The molecule has 90 valence electrons. The number of carbonyl (C=O) groups is 1. The van der Waals surface area contributed by atoms with Crippen molar-refractivity contribution in [3.05, 3.63) is 14.3 Å². The summed E-state index contributed by atoms with van der Waals surface area (Å²) in [6, 6.07) is 1.95. The second-order valence-corrected chi connectivity index (χ2v) is 6.75. The van der Waals surface area contributed by atoms with Crippen LogP contribution in [0.3, 0.4) is 0 Å². The molecule has 0 aliphatic carbocycles. The molecule has 2 aromatic rings. The van der Waals surface area contributed by atoms with E-state index in [9.17, 15) is 4.79 Å². The van der Waals surface area contributed by atoms with Gasteiger partial charge in [-0.1, -0.05) is 11.8 Å². The molecule has 2 aromatic heterocycles. The zero-order valence-electron chi connectivity index (χ0n) is 8.33. The largest absolute Gasteiger partial charge is 0.481 e. The van der Waals surface area contributed by atoms with Gasteiger partial charge in [-0.25, -0.2) is 4.68 Å². The van der Waals surface area contributed by atoms with Gasteiger partial charge < -0.3 is 10.9 Å². The minimum absolute atomic E-state index is 0.0868. The number of halogens is 1. The van der Waals surface area contributed by atoms with Gasteiger partial charge in [0, 0.05) is 10.9 Å². The number of nitrogens with zero attached hydrogens (tertiary/aromatic N) is 3. The van der Waals surface area contributed by atoms with Crippen LogP contribution in [0.25, 0.3) is 11.4 Å². The number of hydrogen-bond acceptors (Lipinski definition) is 6. The van der Waals surface area contributed by atoms with Gasteiger partial charge in [-0.2, -0.15) is 0 Å². The lowest BCUT2D eigenvalue weighted by molar-refractivity contribution is -0.133. The summed E-state index contributed by atoms with van der Waals surface area (Å²) in [5.41, 5.74) is 0.886. The fourth-order valence-corrected chi connectivity index (χ4v) is 3.03. The first-order chi connectivity index (χ1) is 8.08. The number of carboxylic acid groups (broad SMARTS) is 1. The van der Waals surface area contributed by atoms with Crippen molar-refractivity contribution < 1.29 is 9.90 Å². The van der Waals surface area contributed by atoms with E-state index in [1.54, 1.807) is 11.3 Å². The summed E-state index contributed by atoms with van der Waals surface area (Å²) in [7, 11) is 0. The van der Waals surface area contributed by atoms with E-state index in [2.05, 4.69) is 32.8 Å². The molecule has 0 bridgehead atoms. The van der Waals surface area contributed by atoms with E-state index in [4.69, 9.17) is 10.9 Å². The molecule has 0 amide bonds. The van der Waals surface area contributed by atoms with Crippen molar-refractivity contribution in [3.8, 4) is 11.4 Å². The highest BCUT2D eigenvalue weighted by Gasteiger charge is 2.14. The minimum Gasteiger partial charge on any atom is -0.481 e. The smallest absolute Gasteiger partial charge is 0.313 e. The molecule has 0 spiro atoms. The van der Waals surface area contributed by atoms with Crippen molar-refractivity contribution in [1.82, 2.24) is 14.9 Å². The monoisotopic (exact) mass is 382 g/mol. The van der Waals surface area contributed by atoms with Crippen LogP contribution in [0, 0.1) is 2.88 Å². The van der Waals surface area contributed by atoms with E-state index in [0.717, 1.165) is 20.2 Å². The van der Waals surface area contributed by atoms with Crippen LogP contribution < -0.4 is 5.84 Å². The highest BCUT2D eigenvalue weighted by Crippen LogP contribution is 2.26. The lowest BCUT2D eigenvalue weighted by atomic mass is 10.3. The molecule has 0 aromatic carbocycles. The molecule has 3 N–H and O–H groups in total. The summed E-state index contributed by atoms with van der Waals surface area (Å²) in [5.74, 6) is 5.35. The predicted octanol–water partition coefficient (Wildman–Crippen LogP) is 1.50. The van der Waals surface area contributed by atoms with Crippen LogP contribution in [0.1, 0.15) is 0 Å². The molecule has 0 saturated carbocycles. The first kappa shape index (κ1) is 12.6. The lowest BCUT2D eigenvalue weighted by Gasteiger charge is -2.00. The summed E-state index contributed by atoms with van der Waals surface area (Å²) >= 11 is 4.84. The third-order valence-electron chi connectivity index (χ3n) is 1.81.